The molecule has 0 aliphatic heterocycles. The van der Waals surface area contributed by atoms with E-state index < -0.39 is 0 Å². The van der Waals surface area contributed by atoms with Gasteiger partial charge in [-0.1, -0.05) is 17.7 Å². The van der Waals surface area contributed by atoms with E-state index in [1.165, 1.54) is 0 Å². The highest BCUT2D eigenvalue weighted by atomic mass is 79.9. The topological polar surface area (TPSA) is 57.8 Å². The van der Waals surface area contributed by atoms with Crippen LogP contribution < -0.4 is 5.32 Å². The standard InChI is InChI=1S/C12H11BrClN3O/c1-7(8-5-15-16-6-8)17-12(18)9-3-2-4-10(13)11(9)14/h2-7H,1H3,(H,15,16)(H,17,18). The molecule has 1 heterocycles. The van der Waals surface area contributed by atoms with E-state index in [0.29, 0.717) is 15.1 Å². The molecule has 0 spiro atoms. The van der Waals surface area contributed by atoms with Gasteiger partial charge in [0, 0.05) is 16.2 Å². The third-order valence-electron chi connectivity index (χ3n) is 2.56. The molecule has 0 saturated carbocycles. The van der Waals surface area contributed by atoms with Gasteiger partial charge in [-0.2, -0.15) is 5.10 Å². The van der Waals surface area contributed by atoms with E-state index in [9.17, 15) is 4.79 Å². The normalized spacial score (nSPS) is 12.2. The predicted molar refractivity (Wildman–Crippen MR) is 73.6 cm³/mol. The number of benzene rings is 1. The van der Waals surface area contributed by atoms with Gasteiger partial charge in [-0.3, -0.25) is 9.89 Å². The first-order chi connectivity index (χ1) is 8.59. The molecule has 0 aliphatic carbocycles. The quantitative estimate of drug-likeness (QED) is 0.908. The number of aromatic nitrogens is 2. The molecule has 2 aromatic rings. The van der Waals surface area contributed by atoms with E-state index in [1.54, 1.807) is 30.6 Å². The molecule has 1 unspecified atom stereocenters. The molecular formula is C12H11BrClN3O. The summed E-state index contributed by atoms with van der Waals surface area (Å²) < 4.78 is 0.702. The summed E-state index contributed by atoms with van der Waals surface area (Å²) in [6.07, 6.45) is 3.42. The average molecular weight is 329 g/mol. The van der Waals surface area contributed by atoms with Crippen molar-refractivity contribution in [1.29, 1.82) is 0 Å². The van der Waals surface area contributed by atoms with Gasteiger partial charge >= 0.3 is 0 Å². The molecule has 6 heteroatoms. The fourth-order valence-corrected chi connectivity index (χ4v) is 2.11. The highest BCUT2D eigenvalue weighted by Crippen LogP contribution is 2.26. The Morgan fingerprint density at radius 3 is 3.00 bits per heavy atom. The van der Waals surface area contributed by atoms with Crippen molar-refractivity contribution in [2.24, 2.45) is 0 Å². The number of rotatable bonds is 3. The second-order valence-electron chi connectivity index (χ2n) is 3.83. The Morgan fingerprint density at radius 2 is 2.33 bits per heavy atom. The van der Waals surface area contributed by atoms with Gasteiger partial charge in [0.1, 0.15) is 0 Å². The summed E-state index contributed by atoms with van der Waals surface area (Å²) in [5.74, 6) is -0.213. The monoisotopic (exact) mass is 327 g/mol. The molecule has 0 saturated heterocycles. The Balaban J connectivity index is 2.15. The largest absolute Gasteiger partial charge is 0.345 e. The van der Waals surface area contributed by atoms with Crippen molar-refractivity contribution >= 4 is 33.4 Å². The molecule has 2 N–H and O–H groups in total. The maximum Gasteiger partial charge on any atom is 0.253 e. The van der Waals surface area contributed by atoms with Crippen molar-refractivity contribution in [3.63, 3.8) is 0 Å². The van der Waals surface area contributed by atoms with Crippen LogP contribution in [0.15, 0.2) is 35.1 Å². The zero-order chi connectivity index (χ0) is 13.1. The molecule has 18 heavy (non-hydrogen) atoms. The van der Waals surface area contributed by atoms with E-state index in [-0.39, 0.29) is 11.9 Å². The van der Waals surface area contributed by atoms with E-state index in [4.69, 9.17) is 11.6 Å². The smallest absolute Gasteiger partial charge is 0.253 e. The minimum Gasteiger partial charge on any atom is -0.345 e. The highest BCUT2D eigenvalue weighted by Gasteiger charge is 2.15. The van der Waals surface area contributed by atoms with Crippen LogP contribution in [0, 0.1) is 0 Å². The lowest BCUT2D eigenvalue weighted by Gasteiger charge is -2.13. The van der Waals surface area contributed by atoms with Crippen LogP contribution in [0.25, 0.3) is 0 Å². The van der Waals surface area contributed by atoms with Crippen LogP contribution in [0.5, 0.6) is 0 Å². The van der Waals surface area contributed by atoms with E-state index >= 15 is 0 Å². The van der Waals surface area contributed by atoms with Crippen molar-refractivity contribution in [2.75, 3.05) is 0 Å². The van der Waals surface area contributed by atoms with Crippen LogP contribution in [0.2, 0.25) is 5.02 Å². The fraction of sp³-hybridized carbons (Fsp3) is 0.167. The molecule has 0 bridgehead atoms. The van der Waals surface area contributed by atoms with Crippen molar-refractivity contribution in [3.05, 3.63) is 51.2 Å². The number of carbonyl (C=O) groups excluding carboxylic acids is 1. The average Bonchev–Trinajstić information content (AvgIpc) is 2.86. The van der Waals surface area contributed by atoms with Crippen molar-refractivity contribution < 1.29 is 4.79 Å². The van der Waals surface area contributed by atoms with Gasteiger partial charge < -0.3 is 5.32 Å². The van der Waals surface area contributed by atoms with Crippen LogP contribution in [-0.2, 0) is 0 Å². The summed E-state index contributed by atoms with van der Waals surface area (Å²) in [6.45, 7) is 1.88. The first-order valence-corrected chi connectivity index (χ1v) is 6.50. The molecule has 0 fully saturated rings. The van der Waals surface area contributed by atoms with Crippen LogP contribution in [0.3, 0.4) is 0 Å². The Kier molecular flexibility index (Phi) is 4.04. The lowest BCUT2D eigenvalue weighted by Crippen LogP contribution is -2.26. The van der Waals surface area contributed by atoms with Gasteiger partial charge in [0.25, 0.3) is 5.91 Å². The van der Waals surface area contributed by atoms with Gasteiger partial charge in [-0.25, -0.2) is 0 Å². The molecule has 0 aliphatic rings. The molecule has 1 amide bonds. The maximum absolute atomic E-state index is 12.1. The van der Waals surface area contributed by atoms with Crippen LogP contribution >= 0.6 is 27.5 Å². The number of hydrogen-bond donors (Lipinski definition) is 2. The van der Waals surface area contributed by atoms with Crippen molar-refractivity contribution in [3.8, 4) is 0 Å². The molecular weight excluding hydrogens is 318 g/mol. The number of halogens is 2. The Morgan fingerprint density at radius 1 is 1.56 bits per heavy atom. The van der Waals surface area contributed by atoms with Gasteiger partial charge in [-0.15, -0.1) is 0 Å². The number of amides is 1. The SMILES string of the molecule is CC(NC(=O)c1cccc(Br)c1Cl)c1cn[nH]c1. The fourth-order valence-electron chi connectivity index (χ4n) is 1.53. The third kappa shape index (κ3) is 2.73. The summed E-state index contributed by atoms with van der Waals surface area (Å²) in [5.41, 5.74) is 1.36. The van der Waals surface area contributed by atoms with Gasteiger partial charge in [0.2, 0.25) is 0 Å². The van der Waals surface area contributed by atoms with Gasteiger partial charge in [0.15, 0.2) is 0 Å². The summed E-state index contributed by atoms with van der Waals surface area (Å²) in [5, 5.41) is 9.83. The van der Waals surface area contributed by atoms with Crippen molar-refractivity contribution in [2.45, 2.75) is 13.0 Å². The number of H-pyrrole nitrogens is 1. The molecule has 2 rings (SSSR count). The van der Waals surface area contributed by atoms with Gasteiger partial charge in [-0.05, 0) is 35.0 Å². The molecule has 1 atom stereocenters. The second kappa shape index (κ2) is 5.54. The summed E-state index contributed by atoms with van der Waals surface area (Å²) in [6, 6.07) is 5.11. The minimum atomic E-state index is -0.213. The molecule has 1 aromatic carbocycles. The van der Waals surface area contributed by atoms with Crippen molar-refractivity contribution in [1.82, 2.24) is 15.5 Å². The summed E-state index contributed by atoms with van der Waals surface area (Å²) in [4.78, 5) is 12.1. The predicted octanol–water partition coefficient (Wildman–Crippen LogP) is 3.32. The van der Waals surface area contributed by atoms with E-state index in [1.807, 2.05) is 6.92 Å². The summed E-state index contributed by atoms with van der Waals surface area (Å²) >= 11 is 9.36. The number of nitrogens with zero attached hydrogens (tertiary/aromatic N) is 1. The molecule has 1 aromatic heterocycles. The third-order valence-corrected chi connectivity index (χ3v) is 3.86. The Labute approximate surface area is 118 Å². The zero-order valence-electron chi connectivity index (χ0n) is 9.58. The van der Waals surface area contributed by atoms with Crippen LogP contribution in [0.4, 0.5) is 0 Å². The molecule has 0 radical (unpaired) electrons. The first kappa shape index (κ1) is 13.1. The zero-order valence-corrected chi connectivity index (χ0v) is 11.9. The Bertz CT molecular complexity index is 556. The maximum atomic E-state index is 12.1. The van der Waals surface area contributed by atoms with E-state index in [0.717, 1.165) is 5.56 Å². The number of hydrogen-bond acceptors (Lipinski definition) is 2. The molecule has 4 nitrogen and oxygen atoms in total. The Hall–Kier alpha value is -1.33. The first-order valence-electron chi connectivity index (χ1n) is 5.33. The summed E-state index contributed by atoms with van der Waals surface area (Å²) in [7, 11) is 0. The minimum absolute atomic E-state index is 0.133. The number of carbonyl (C=O) groups is 1. The lowest BCUT2D eigenvalue weighted by molar-refractivity contribution is 0.0940. The number of aromatic amines is 1. The van der Waals surface area contributed by atoms with Gasteiger partial charge in [0.05, 0.1) is 22.8 Å². The van der Waals surface area contributed by atoms with Crippen LogP contribution in [-0.4, -0.2) is 16.1 Å². The molecule has 94 valence electrons. The van der Waals surface area contributed by atoms with E-state index in [2.05, 4.69) is 31.4 Å². The van der Waals surface area contributed by atoms with Crippen LogP contribution in [0.1, 0.15) is 28.9 Å². The second-order valence-corrected chi connectivity index (χ2v) is 5.06. The highest BCUT2D eigenvalue weighted by molar-refractivity contribution is 9.10. The lowest BCUT2D eigenvalue weighted by atomic mass is 10.1. The number of nitrogens with one attached hydrogen (secondary N) is 2.